The number of benzene rings is 1. The Kier molecular flexibility index (Phi) is 13.5. The van der Waals surface area contributed by atoms with Crippen molar-refractivity contribution in [1.82, 2.24) is 30.9 Å². The predicted octanol–water partition coefficient (Wildman–Crippen LogP) is 6.57. The van der Waals surface area contributed by atoms with E-state index in [2.05, 4.69) is 37.8 Å². The number of ether oxygens (including phenoxy) is 2. The van der Waals surface area contributed by atoms with E-state index in [0.717, 1.165) is 28.7 Å². The zero-order chi connectivity index (χ0) is 39.9. The second kappa shape index (κ2) is 18.1. The van der Waals surface area contributed by atoms with Crippen LogP contribution in [0.2, 0.25) is 0 Å². The van der Waals surface area contributed by atoms with E-state index >= 15 is 0 Å². The summed E-state index contributed by atoms with van der Waals surface area (Å²) in [7, 11) is 2.81. The number of carbonyl (C=O) groups is 2. The number of halogens is 4. The van der Waals surface area contributed by atoms with Gasteiger partial charge in [0.2, 0.25) is 17.7 Å². The Morgan fingerprint density at radius 1 is 1.11 bits per heavy atom. The molecule has 0 saturated carbocycles. The molecule has 2 aliphatic rings. The molecule has 3 atom stereocenters. The lowest BCUT2D eigenvalue weighted by Gasteiger charge is -2.21. The van der Waals surface area contributed by atoms with Crippen LogP contribution in [0.25, 0.3) is 11.1 Å². The molecule has 1 aliphatic carbocycles. The van der Waals surface area contributed by atoms with Gasteiger partial charge in [0.25, 0.3) is 0 Å². The fourth-order valence-corrected chi connectivity index (χ4v) is 7.26. The highest BCUT2D eigenvalue weighted by molar-refractivity contribution is 6.40. The number of amides is 1. The summed E-state index contributed by atoms with van der Waals surface area (Å²) in [5.74, 6) is -1.32. The standard InChI is InChI=1S/C39H45ClF3N7O5/c1-6-23(33(40)24(7-2)29-15-12-21(36(49-29)54-4)18-44-19-22-13-17-32(51)46-22)25-10-9-11-27-26(25)14-16-30(27)48-35-34(39(41,42)43)47-31(37(50-35)55-5)20-45-28(8-3)38(52)53/h6-7,9-12,15,22,28,30,44-45H,1,8,13-14,16-20H2,2-5H3,(H,46,51)(H,48,50)(H,52,53)/b24-7-,33-23-/t22-,28?,30-/m0/s1. The zero-order valence-corrected chi connectivity index (χ0v) is 31.8. The van der Waals surface area contributed by atoms with Gasteiger partial charge in [-0.1, -0.05) is 61.5 Å². The van der Waals surface area contributed by atoms with Gasteiger partial charge in [-0.2, -0.15) is 18.2 Å². The van der Waals surface area contributed by atoms with Gasteiger partial charge < -0.3 is 30.5 Å². The van der Waals surface area contributed by atoms with Crippen LogP contribution in [0.3, 0.4) is 0 Å². The molecular weight excluding hydrogens is 739 g/mol. The van der Waals surface area contributed by atoms with Gasteiger partial charge in [0.1, 0.15) is 11.7 Å². The number of aromatic nitrogens is 3. The summed E-state index contributed by atoms with van der Waals surface area (Å²) < 4.78 is 54.2. The van der Waals surface area contributed by atoms with Crippen molar-refractivity contribution in [2.75, 3.05) is 26.1 Å². The van der Waals surface area contributed by atoms with Gasteiger partial charge in [-0.15, -0.1) is 0 Å². The number of pyridine rings is 1. The molecule has 3 aromatic rings. The number of nitrogens with one attached hydrogen (secondary N) is 4. The van der Waals surface area contributed by atoms with E-state index in [1.807, 2.05) is 43.3 Å². The molecule has 16 heteroatoms. The predicted molar refractivity (Wildman–Crippen MR) is 204 cm³/mol. The minimum atomic E-state index is -4.87. The molecule has 1 saturated heterocycles. The number of anilines is 1. The summed E-state index contributed by atoms with van der Waals surface area (Å²) in [4.78, 5) is 35.8. The summed E-state index contributed by atoms with van der Waals surface area (Å²) in [5.41, 5.74) is 3.69. The van der Waals surface area contributed by atoms with E-state index < -0.39 is 35.7 Å². The number of rotatable bonds is 17. The third-order valence-electron chi connectivity index (χ3n) is 9.65. The molecule has 0 bridgehead atoms. The minimum absolute atomic E-state index is 0.0585. The van der Waals surface area contributed by atoms with Crippen molar-refractivity contribution in [2.45, 2.75) is 83.3 Å². The second-order valence-corrected chi connectivity index (χ2v) is 13.5. The first kappa shape index (κ1) is 41.2. The van der Waals surface area contributed by atoms with Crippen molar-refractivity contribution in [3.63, 3.8) is 0 Å². The van der Waals surface area contributed by atoms with Crippen molar-refractivity contribution in [1.29, 1.82) is 0 Å². The van der Waals surface area contributed by atoms with Crippen LogP contribution in [0.15, 0.2) is 54.1 Å². The van der Waals surface area contributed by atoms with Gasteiger partial charge >= 0.3 is 12.1 Å². The SMILES string of the molecule is C=C/C(=C(Cl)\C(=C/C)c1ccc(CNC[C@@H]2CCC(=O)N2)c(OC)n1)c1cccc2c1CC[C@@H]2Nc1nc(OC)c(CNC(CC)C(=O)O)nc1C(F)(F)F. The van der Waals surface area contributed by atoms with E-state index in [0.29, 0.717) is 60.1 Å². The lowest BCUT2D eigenvalue weighted by Crippen LogP contribution is -2.36. The van der Waals surface area contributed by atoms with Crippen LogP contribution in [-0.2, 0) is 35.3 Å². The maximum atomic E-state index is 14.4. The smallest absolute Gasteiger partial charge is 0.437 e. The molecule has 5 N–H and O–H groups in total. The molecule has 294 valence electrons. The maximum Gasteiger partial charge on any atom is 0.437 e. The van der Waals surface area contributed by atoms with Gasteiger partial charge in [-0.25, -0.2) is 9.97 Å². The van der Waals surface area contributed by atoms with Gasteiger partial charge in [0.15, 0.2) is 11.5 Å². The first-order valence-corrected chi connectivity index (χ1v) is 18.3. The number of methoxy groups -OCH3 is 2. The van der Waals surface area contributed by atoms with E-state index in [-0.39, 0.29) is 36.5 Å². The Labute approximate surface area is 322 Å². The summed E-state index contributed by atoms with van der Waals surface area (Å²) in [5, 5.41) is 21.7. The molecule has 1 aliphatic heterocycles. The van der Waals surface area contributed by atoms with Crippen LogP contribution in [0.5, 0.6) is 11.8 Å². The lowest BCUT2D eigenvalue weighted by molar-refractivity contribution is -0.141. The average molecular weight is 784 g/mol. The maximum absolute atomic E-state index is 14.4. The Morgan fingerprint density at radius 2 is 1.87 bits per heavy atom. The number of hydrogen-bond donors (Lipinski definition) is 5. The third kappa shape index (κ3) is 9.46. The summed E-state index contributed by atoms with van der Waals surface area (Å²) >= 11 is 7.15. The highest BCUT2D eigenvalue weighted by atomic mass is 35.5. The van der Waals surface area contributed by atoms with Crippen LogP contribution in [-0.4, -0.2) is 64.8 Å². The Hall–Kier alpha value is -4.99. The highest BCUT2D eigenvalue weighted by Gasteiger charge is 2.39. The number of hydrogen-bond acceptors (Lipinski definition) is 10. The van der Waals surface area contributed by atoms with Crippen molar-refractivity contribution in [3.05, 3.63) is 93.4 Å². The first-order valence-electron chi connectivity index (χ1n) is 17.9. The molecule has 3 heterocycles. The van der Waals surface area contributed by atoms with E-state index in [1.165, 1.54) is 7.11 Å². The lowest BCUT2D eigenvalue weighted by atomic mass is 9.94. The molecule has 55 heavy (non-hydrogen) atoms. The largest absolute Gasteiger partial charge is 0.481 e. The number of fused-ring (bicyclic) bond motifs is 1. The number of carboxylic acids is 1. The number of carbonyl (C=O) groups excluding carboxylic acids is 1. The minimum Gasteiger partial charge on any atom is -0.481 e. The number of alkyl halides is 3. The van der Waals surface area contributed by atoms with E-state index in [1.54, 1.807) is 20.1 Å². The average Bonchev–Trinajstić information content (AvgIpc) is 3.78. The molecule has 1 amide bonds. The van der Waals surface area contributed by atoms with Crippen LogP contribution in [0, 0.1) is 0 Å². The fourth-order valence-electron chi connectivity index (χ4n) is 6.87. The van der Waals surface area contributed by atoms with Crippen LogP contribution in [0.4, 0.5) is 19.0 Å². The molecule has 12 nitrogen and oxygen atoms in total. The summed E-state index contributed by atoms with van der Waals surface area (Å²) in [6.07, 6.45) is 1.13. The van der Waals surface area contributed by atoms with E-state index in [4.69, 9.17) is 26.1 Å². The van der Waals surface area contributed by atoms with Crippen molar-refractivity contribution in [3.8, 4) is 11.8 Å². The Morgan fingerprint density at radius 3 is 2.49 bits per heavy atom. The molecule has 1 unspecified atom stereocenters. The van der Waals surface area contributed by atoms with Gasteiger partial charge in [-0.3, -0.25) is 14.9 Å². The van der Waals surface area contributed by atoms with Gasteiger partial charge in [-0.05, 0) is 55.4 Å². The molecular formula is C39H45ClF3N7O5. The molecule has 2 aromatic heterocycles. The third-order valence-corrected chi connectivity index (χ3v) is 10.1. The normalized spacial score (nSPS) is 18.0. The van der Waals surface area contributed by atoms with Crippen molar-refractivity contribution in [2.24, 2.45) is 0 Å². The number of allylic oxidation sites excluding steroid dienone is 5. The van der Waals surface area contributed by atoms with E-state index in [9.17, 15) is 27.9 Å². The Bertz CT molecular complexity index is 1990. The molecule has 0 radical (unpaired) electrons. The van der Waals surface area contributed by atoms with Crippen LogP contribution in [0.1, 0.15) is 84.9 Å². The quantitative estimate of drug-likeness (QED) is 0.0944. The van der Waals surface area contributed by atoms with Crippen LogP contribution < -0.4 is 30.7 Å². The molecule has 5 rings (SSSR count). The molecule has 1 aromatic carbocycles. The first-order chi connectivity index (χ1) is 26.3. The second-order valence-electron chi connectivity index (χ2n) is 13.1. The van der Waals surface area contributed by atoms with Crippen molar-refractivity contribution >= 4 is 40.4 Å². The zero-order valence-electron chi connectivity index (χ0n) is 31.1. The molecule has 0 spiro atoms. The van der Waals surface area contributed by atoms with Gasteiger partial charge in [0, 0.05) is 48.8 Å². The van der Waals surface area contributed by atoms with Crippen molar-refractivity contribution < 1.29 is 37.3 Å². The summed E-state index contributed by atoms with van der Waals surface area (Å²) in [6.45, 7) is 8.34. The number of carboxylic acid groups (broad SMARTS) is 1. The Balaban J connectivity index is 1.41. The van der Waals surface area contributed by atoms with Gasteiger partial charge in [0.05, 0.1) is 31.0 Å². The highest BCUT2D eigenvalue weighted by Crippen LogP contribution is 2.43. The fraction of sp³-hybridized carbons (Fsp3) is 0.410. The van der Waals surface area contributed by atoms with Crippen LogP contribution >= 0.6 is 11.6 Å². The topological polar surface area (TPSA) is 160 Å². The molecule has 1 fully saturated rings. The number of nitrogens with zero attached hydrogens (tertiary/aromatic N) is 3. The number of aliphatic carboxylic acids is 1. The monoisotopic (exact) mass is 783 g/mol. The summed E-state index contributed by atoms with van der Waals surface area (Å²) in [6, 6.07) is 7.87.